The Morgan fingerprint density at radius 3 is 1.78 bits per heavy atom. The summed E-state index contributed by atoms with van der Waals surface area (Å²) in [7, 11) is 0. The average molecular weight is 132 g/mol. The quantitative estimate of drug-likeness (QED) is 0.449. The van der Waals surface area contributed by atoms with Crippen LogP contribution in [-0.2, 0) is 0 Å². The molecule has 0 aliphatic rings. The number of hydrogen-bond acceptors (Lipinski definition) is 3. The van der Waals surface area contributed by atoms with E-state index in [0.29, 0.717) is 5.06 Å². The van der Waals surface area contributed by atoms with Crippen LogP contribution in [-0.4, -0.2) is 21.9 Å². The Morgan fingerprint density at radius 1 is 1.44 bits per heavy atom. The number of nitrogens with zero attached hydrogens (tertiary/aromatic N) is 1. The van der Waals surface area contributed by atoms with Gasteiger partial charge in [-0.3, -0.25) is 0 Å². The van der Waals surface area contributed by atoms with Gasteiger partial charge in [0.1, 0.15) is 5.72 Å². The molecule has 0 bridgehead atoms. The van der Waals surface area contributed by atoms with Gasteiger partial charge in [-0.1, -0.05) is 13.8 Å². The lowest BCUT2D eigenvalue weighted by Crippen LogP contribution is -2.43. The summed E-state index contributed by atoms with van der Waals surface area (Å²) in [6.45, 7) is 6.43. The highest BCUT2D eigenvalue weighted by molar-refractivity contribution is 4.72. The van der Waals surface area contributed by atoms with Gasteiger partial charge in [-0.25, -0.2) is 0 Å². The van der Waals surface area contributed by atoms with Crippen molar-refractivity contribution in [3.05, 3.63) is 5.21 Å². The largest absolute Gasteiger partial charge is 0.783 e. The summed E-state index contributed by atoms with van der Waals surface area (Å²) in [6, 6.07) is -0.162. The van der Waals surface area contributed by atoms with E-state index in [1.807, 2.05) is 0 Å². The summed E-state index contributed by atoms with van der Waals surface area (Å²) in [5.41, 5.74) is -1.24. The zero-order chi connectivity index (χ0) is 7.65. The van der Waals surface area contributed by atoms with Crippen LogP contribution in [0.3, 0.4) is 0 Å². The molecule has 0 aliphatic carbocycles. The molecule has 0 amide bonds. The fourth-order valence-electron chi connectivity index (χ4n) is 0.632. The summed E-state index contributed by atoms with van der Waals surface area (Å²) in [4.78, 5) is 0. The number of aliphatic hydroxyl groups is 1. The van der Waals surface area contributed by atoms with Crippen LogP contribution < -0.4 is 0 Å². The summed E-state index contributed by atoms with van der Waals surface area (Å²) in [5.74, 6) is 0. The van der Waals surface area contributed by atoms with Crippen LogP contribution in [0.2, 0.25) is 0 Å². The lowest BCUT2D eigenvalue weighted by molar-refractivity contribution is -0.0644. The van der Waals surface area contributed by atoms with E-state index in [-0.39, 0.29) is 6.04 Å². The van der Waals surface area contributed by atoms with Crippen LogP contribution in [0.1, 0.15) is 27.7 Å². The van der Waals surface area contributed by atoms with E-state index in [9.17, 15) is 5.21 Å². The van der Waals surface area contributed by atoms with Gasteiger partial charge in [0, 0.05) is 0 Å². The maximum absolute atomic E-state index is 10.8. The monoisotopic (exact) mass is 132 g/mol. The van der Waals surface area contributed by atoms with Gasteiger partial charge in [-0.2, -0.15) is 0 Å². The average Bonchev–Trinajstić information content (AvgIpc) is 1.62. The second kappa shape index (κ2) is 2.64. The van der Waals surface area contributed by atoms with Crippen molar-refractivity contribution in [2.45, 2.75) is 39.5 Å². The fraction of sp³-hybridized carbons (Fsp3) is 1.00. The van der Waals surface area contributed by atoms with Gasteiger partial charge >= 0.3 is 0 Å². The highest BCUT2D eigenvalue weighted by Crippen LogP contribution is 2.11. The van der Waals surface area contributed by atoms with Gasteiger partial charge in [-0.05, 0) is 19.9 Å². The molecule has 9 heavy (non-hydrogen) atoms. The van der Waals surface area contributed by atoms with Gasteiger partial charge < -0.3 is 15.4 Å². The van der Waals surface area contributed by atoms with Crippen LogP contribution in [0.15, 0.2) is 0 Å². The first-order valence-electron chi connectivity index (χ1n) is 3.04. The van der Waals surface area contributed by atoms with Crippen molar-refractivity contribution >= 4 is 0 Å². The zero-order valence-electron chi connectivity index (χ0n) is 6.38. The van der Waals surface area contributed by atoms with E-state index in [1.54, 1.807) is 13.8 Å². The third-order valence-electron chi connectivity index (χ3n) is 1.01. The maximum Gasteiger partial charge on any atom is 0.101 e. The third kappa shape index (κ3) is 2.79. The van der Waals surface area contributed by atoms with E-state index >= 15 is 0 Å². The Labute approximate surface area is 55.9 Å². The summed E-state index contributed by atoms with van der Waals surface area (Å²) in [6.07, 6.45) is 0. The molecule has 0 atom stereocenters. The summed E-state index contributed by atoms with van der Waals surface area (Å²) in [5, 5.41) is 20.6. The predicted molar refractivity (Wildman–Crippen MR) is 36.6 cm³/mol. The molecule has 0 radical (unpaired) electrons. The Kier molecular flexibility index (Phi) is 2.61. The molecule has 1 N–H and O–H groups in total. The van der Waals surface area contributed by atoms with E-state index in [4.69, 9.17) is 5.11 Å². The SMILES string of the molecule is CC(C)N([O-])C(C)(C)O. The molecule has 0 fully saturated rings. The standard InChI is InChI=1S/C6H14NO2/c1-5(2)7(9)6(3,4)8/h5,8H,1-4H3/q-1. The van der Waals surface area contributed by atoms with Crippen molar-refractivity contribution in [3.63, 3.8) is 0 Å². The molecule has 0 aromatic carbocycles. The second-order valence-corrected chi connectivity index (χ2v) is 2.91. The minimum absolute atomic E-state index is 0.162. The zero-order valence-corrected chi connectivity index (χ0v) is 6.38. The van der Waals surface area contributed by atoms with Crippen molar-refractivity contribution in [1.82, 2.24) is 5.06 Å². The summed E-state index contributed by atoms with van der Waals surface area (Å²) >= 11 is 0. The molecule has 3 heteroatoms. The van der Waals surface area contributed by atoms with Gasteiger partial charge in [0.25, 0.3) is 0 Å². The molecular formula is C6H14NO2-. The Hall–Kier alpha value is -0.120. The van der Waals surface area contributed by atoms with Crippen LogP contribution in [0, 0.1) is 5.21 Å². The number of hydrogen-bond donors (Lipinski definition) is 1. The van der Waals surface area contributed by atoms with Crippen LogP contribution in [0.5, 0.6) is 0 Å². The molecule has 0 saturated carbocycles. The molecule has 3 nitrogen and oxygen atoms in total. The number of hydroxylamine groups is 2. The van der Waals surface area contributed by atoms with E-state index in [2.05, 4.69) is 0 Å². The second-order valence-electron chi connectivity index (χ2n) is 2.91. The minimum atomic E-state index is -1.24. The molecule has 0 unspecified atom stereocenters. The van der Waals surface area contributed by atoms with E-state index < -0.39 is 5.72 Å². The van der Waals surface area contributed by atoms with Crippen molar-refractivity contribution in [1.29, 1.82) is 0 Å². The topological polar surface area (TPSA) is 46.5 Å². The third-order valence-corrected chi connectivity index (χ3v) is 1.01. The van der Waals surface area contributed by atoms with Gasteiger partial charge in [0.2, 0.25) is 0 Å². The highest BCUT2D eigenvalue weighted by atomic mass is 16.5. The molecule has 0 spiro atoms. The van der Waals surface area contributed by atoms with Gasteiger partial charge in [0.05, 0.1) is 0 Å². The van der Waals surface area contributed by atoms with Crippen molar-refractivity contribution in [2.75, 3.05) is 0 Å². The lowest BCUT2D eigenvalue weighted by atomic mass is 10.2. The molecule has 0 saturated heterocycles. The normalized spacial score (nSPS) is 13.3. The number of rotatable bonds is 2. The van der Waals surface area contributed by atoms with Crippen LogP contribution >= 0.6 is 0 Å². The predicted octanol–water partition coefficient (Wildman–Crippen LogP) is 0.923. The molecule has 56 valence electrons. The highest BCUT2D eigenvalue weighted by Gasteiger charge is 2.15. The first kappa shape index (κ1) is 8.88. The fourth-order valence-corrected chi connectivity index (χ4v) is 0.632. The first-order chi connectivity index (χ1) is 3.85. The molecular weight excluding hydrogens is 118 g/mol. The van der Waals surface area contributed by atoms with Crippen LogP contribution in [0.25, 0.3) is 0 Å². The molecule has 0 heterocycles. The molecule has 0 aliphatic heterocycles. The smallest absolute Gasteiger partial charge is 0.101 e. The van der Waals surface area contributed by atoms with Crippen LogP contribution in [0.4, 0.5) is 0 Å². The Morgan fingerprint density at radius 2 is 1.78 bits per heavy atom. The van der Waals surface area contributed by atoms with Crippen molar-refractivity contribution < 1.29 is 5.11 Å². The van der Waals surface area contributed by atoms with E-state index in [0.717, 1.165) is 0 Å². The molecule has 0 aromatic rings. The lowest BCUT2D eigenvalue weighted by Gasteiger charge is -2.43. The Balaban J connectivity index is 3.88. The Bertz CT molecular complexity index is 85.5. The first-order valence-corrected chi connectivity index (χ1v) is 3.04. The van der Waals surface area contributed by atoms with Gasteiger partial charge in [0.15, 0.2) is 0 Å². The minimum Gasteiger partial charge on any atom is -0.783 e. The van der Waals surface area contributed by atoms with Gasteiger partial charge in [-0.15, -0.1) is 0 Å². The summed E-state index contributed by atoms with van der Waals surface area (Å²) < 4.78 is 0. The molecule has 0 rings (SSSR count). The van der Waals surface area contributed by atoms with E-state index in [1.165, 1.54) is 13.8 Å². The van der Waals surface area contributed by atoms with Crippen molar-refractivity contribution in [3.8, 4) is 0 Å². The van der Waals surface area contributed by atoms with Crippen molar-refractivity contribution in [2.24, 2.45) is 0 Å². The molecule has 0 aromatic heterocycles. The maximum atomic E-state index is 10.8.